The summed E-state index contributed by atoms with van der Waals surface area (Å²) >= 11 is 0. The molecule has 0 bridgehead atoms. The van der Waals surface area contributed by atoms with Crippen molar-refractivity contribution in [3.63, 3.8) is 0 Å². The summed E-state index contributed by atoms with van der Waals surface area (Å²) in [6, 6.07) is 8.97. The third-order valence-corrected chi connectivity index (χ3v) is 4.34. The Labute approximate surface area is 151 Å². The first-order valence-corrected chi connectivity index (χ1v) is 8.52. The van der Waals surface area contributed by atoms with E-state index >= 15 is 0 Å². The van der Waals surface area contributed by atoms with E-state index < -0.39 is 5.97 Å². The van der Waals surface area contributed by atoms with Crippen LogP contribution in [0.3, 0.4) is 0 Å². The Hall–Kier alpha value is -3.02. The molecule has 0 saturated heterocycles. The van der Waals surface area contributed by atoms with Crippen molar-refractivity contribution in [2.75, 3.05) is 6.61 Å². The van der Waals surface area contributed by atoms with Gasteiger partial charge in [-0.15, -0.1) is 5.10 Å². The third-order valence-electron chi connectivity index (χ3n) is 4.34. The van der Waals surface area contributed by atoms with E-state index in [1.54, 1.807) is 22.9 Å². The molecule has 3 rings (SSSR count). The van der Waals surface area contributed by atoms with Gasteiger partial charge < -0.3 is 4.74 Å². The van der Waals surface area contributed by atoms with Crippen molar-refractivity contribution in [1.82, 2.24) is 15.0 Å². The van der Waals surface area contributed by atoms with E-state index in [1.165, 1.54) is 0 Å². The average Bonchev–Trinajstić information content (AvgIpc) is 3.01. The first-order chi connectivity index (χ1) is 12.4. The Bertz CT molecular complexity index is 982. The molecule has 0 amide bonds. The largest absolute Gasteiger partial charge is 0.454 e. The SMILES string of the molecule is CCn1nnc2cc(C(=O)OCC(=O)c3c(C)cc(C)cc3C)ccc21. The predicted molar refractivity (Wildman–Crippen MR) is 98.5 cm³/mol. The minimum absolute atomic E-state index is 0.202. The van der Waals surface area contributed by atoms with Gasteiger partial charge in [-0.1, -0.05) is 22.9 Å². The number of ketones is 1. The fraction of sp³-hybridized carbons (Fsp3) is 0.300. The molecule has 0 atom stereocenters. The lowest BCUT2D eigenvalue weighted by Crippen LogP contribution is -2.16. The molecule has 2 aromatic carbocycles. The molecule has 134 valence electrons. The number of nitrogens with zero attached hydrogens (tertiary/aromatic N) is 3. The highest BCUT2D eigenvalue weighted by Gasteiger charge is 2.17. The fourth-order valence-electron chi connectivity index (χ4n) is 3.24. The van der Waals surface area contributed by atoms with E-state index in [1.807, 2.05) is 39.8 Å². The maximum absolute atomic E-state index is 12.5. The van der Waals surface area contributed by atoms with Crippen LogP contribution in [0, 0.1) is 20.8 Å². The first-order valence-electron chi connectivity index (χ1n) is 8.52. The molecule has 0 aliphatic carbocycles. The molecule has 26 heavy (non-hydrogen) atoms. The normalized spacial score (nSPS) is 10.9. The predicted octanol–water partition coefficient (Wildman–Crippen LogP) is 3.42. The van der Waals surface area contributed by atoms with Crippen LogP contribution in [0.1, 0.15) is 44.3 Å². The van der Waals surface area contributed by atoms with Crippen molar-refractivity contribution < 1.29 is 14.3 Å². The second-order valence-corrected chi connectivity index (χ2v) is 6.38. The van der Waals surface area contributed by atoms with E-state index in [0.717, 1.165) is 22.2 Å². The van der Waals surface area contributed by atoms with Crippen LogP contribution in [0.25, 0.3) is 11.0 Å². The van der Waals surface area contributed by atoms with Gasteiger partial charge in [0, 0.05) is 12.1 Å². The quantitative estimate of drug-likeness (QED) is 0.520. The Morgan fingerprint density at radius 3 is 2.42 bits per heavy atom. The van der Waals surface area contributed by atoms with Gasteiger partial charge in [-0.25, -0.2) is 9.48 Å². The maximum atomic E-state index is 12.5. The molecule has 0 spiro atoms. The molecule has 0 N–H and O–H groups in total. The molecule has 0 fully saturated rings. The van der Waals surface area contributed by atoms with Gasteiger partial charge in [0.2, 0.25) is 5.78 Å². The van der Waals surface area contributed by atoms with E-state index in [0.29, 0.717) is 23.2 Å². The lowest BCUT2D eigenvalue weighted by atomic mass is 9.97. The summed E-state index contributed by atoms with van der Waals surface area (Å²) in [5, 5.41) is 8.06. The lowest BCUT2D eigenvalue weighted by Gasteiger charge is -2.11. The Morgan fingerprint density at radius 2 is 1.77 bits per heavy atom. The summed E-state index contributed by atoms with van der Waals surface area (Å²) in [4.78, 5) is 24.8. The molecule has 1 heterocycles. The number of ether oxygens (including phenoxy) is 1. The number of rotatable bonds is 5. The van der Waals surface area contributed by atoms with Crippen molar-refractivity contribution in [3.8, 4) is 0 Å². The van der Waals surface area contributed by atoms with Gasteiger partial charge in [0.25, 0.3) is 0 Å². The Kier molecular flexibility index (Phi) is 4.84. The highest BCUT2D eigenvalue weighted by atomic mass is 16.5. The van der Waals surface area contributed by atoms with E-state index in [2.05, 4.69) is 10.3 Å². The maximum Gasteiger partial charge on any atom is 0.338 e. The molecule has 6 nitrogen and oxygen atoms in total. The monoisotopic (exact) mass is 351 g/mol. The molecule has 3 aromatic rings. The topological polar surface area (TPSA) is 74.1 Å². The summed E-state index contributed by atoms with van der Waals surface area (Å²) in [5.74, 6) is -0.750. The number of aromatic nitrogens is 3. The van der Waals surface area contributed by atoms with Gasteiger partial charge in [0.15, 0.2) is 6.61 Å². The first kappa shape index (κ1) is 17.8. The second-order valence-electron chi connectivity index (χ2n) is 6.38. The van der Waals surface area contributed by atoms with Crippen LogP contribution >= 0.6 is 0 Å². The molecular formula is C20H21N3O3. The second kappa shape index (κ2) is 7.07. The van der Waals surface area contributed by atoms with Crippen LogP contribution in [0.15, 0.2) is 30.3 Å². The molecule has 1 aromatic heterocycles. The highest BCUT2D eigenvalue weighted by Crippen LogP contribution is 2.18. The summed E-state index contributed by atoms with van der Waals surface area (Å²) in [6.45, 7) is 8.14. The van der Waals surface area contributed by atoms with Gasteiger partial charge in [-0.3, -0.25) is 4.79 Å². The molecule has 6 heteroatoms. The van der Waals surface area contributed by atoms with Crippen molar-refractivity contribution >= 4 is 22.8 Å². The Morgan fingerprint density at radius 1 is 1.08 bits per heavy atom. The van der Waals surface area contributed by atoms with Gasteiger partial charge in [-0.05, 0) is 57.0 Å². The van der Waals surface area contributed by atoms with Crippen molar-refractivity contribution in [2.24, 2.45) is 0 Å². The number of esters is 1. The van der Waals surface area contributed by atoms with Crippen LogP contribution in [-0.2, 0) is 11.3 Å². The number of carbonyl (C=O) groups is 2. The third kappa shape index (κ3) is 3.35. The van der Waals surface area contributed by atoms with E-state index in [9.17, 15) is 9.59 Å². The number of hydrogen-bond donors (Lipinski definition) is 0. The number of benzene rings is 2. The Balaban J connectivity index is 1.74. The van der Waals surface area contributed by atoms with Crippen molar-refractivity contribution in [1.29, 1.82) is 0 Å². The summed E-state index contributed by atoms with van der Waals surface area (Å²) in [6.07, 6.45) is 0. The summed E-state index contributed by atoms with van der Waals surface area (Å²) < 4.78 is 6.97. The van der Waals surface area contributed by atoms with Gasteiger partial charge in [0.05, 0.1) is 11.1 Å². The molecule has 0 unspecified atom stereocenters. The van der Waals surface area contributed by atoms with Crippen LogP contribution in [0.2, 0.25) is 0 Å². The zero-order valence-corrected chi connectivity index (χ0v) is 15.4. The molecule has 0 aliphatic rings. The molecule has 0 aliphatic heterocycles. The highest BCUT2D eigenvalue weighted by molar-refractivity contribution is 6.02. The standard InChI is InChI=1S/C20H21N3O3/c1-5-23-17-7-6-15(10-16(17)21-22-23)20(25)26-11-18(24)19-13(3)8-12(2)9-14(19)4/h6-10H,5,11H2,1-4H3. The van der Waals surface area contributed by atoms with E-state index in [-0.39, 0.29) is 12.4 Å². The van der Waals surface area contributed by atoms with Crippen molar-refractivity contribution in [3.05, 3.63) is 58.1 Å². The zero-order chi connectivity index (χ0) is 18.8. The lowest BCUT2D eigenvalue weighted by molar-refractivity contribution is 0.0474. The van der Waals surface area contributed by atoms with Gasteiger partial charge >= 0.3 is 5.97 Å². The zero-order valence-electron chi connectivity index (χ0n) is 15.4. The molecule has 0 saturated carbocycles. The minimum Gasteiger partial charge on any atom is -0.454 e. The number of aryl methyl sites for hydroxylation is 4. The molecule has 0 radical (unpaired) electrons. The smallest absolute Gasteiger partial charge is 0.338 e. The van der Waals surface area contributed by atoms with Gasteiger partial charge in [0.1, 0.15) is 5.52 Å². The summed E-state index contributed by atoms with van der Waals surface area (Å²) in [7, 11) is 0. The van der Waals surface area contributed by atoms with Crippen molar-refractivity contribution in [2.45, 2.75) is 34.2 Å². The van der Waals surface area contributed by atoms with Gasteiger partial charge in [-0.2, -0.15) is 0 Å². The van der Waals surface area contributed by atoms with Crippen LogP contribution < -0.4 is 0 Å². The number of Topliss-reactive ketones (excluding diaryl/α,β-unsaturated/α-hetero) is 1. The van der Waals surface area contributed by atoms with Crippen LogP contribution in [-0.4, -0.2) is 33.4 Å². The number of hydrogen-bond acceptors (Lipinski definition) is 5. The minimum atomic E-state index is -0.547. The molecular weight excluding hydrogens is 330 g/mol. The number of fused-ring (bicyclic) bond motifs is 1. The van der Waals surface area contributed by atoms with Crippen LogP contribution in [0.4, 0.5) is 0 Å². The summed E-state index contributed by atoms with van der Waals surface area (Å²) in [5.41, 5.74) is 5.32. The average molecular weight is 351 g/mol. The number of carbonyl (C=O) groups excluding carboxylic acids is 2. The fourth-order valence-corrected chi connectivity index (χ4v) is 3.24. The van der Waals surface area contributed by atoms with E-state index in [4.69, 9.17) is 4.74 Å². The van der Waals surface area contributed by atoms with Crippen LogP contribution in [0.5, 0.6) is 0 Å².